The van der Waals surface area contributed by atoms with Gasteiger partial charge in [0.25, 0.3) is 0 Å². The smallest absolute Gasteiger partial charge is 0.229 e. The molecule has 4 nitrogen and oxygen atoms in total. The van der Waals surface area contributed by atoms with E-state index in [4.69, 9.17) is 0 Å². The molecular formula is C16H28N2O2. The van der Waals surface area contributed by atoms with Crippen LogP contribution in [0.2, 0.25) is 0 Å². The second kappa shape index (κ2) is 6.25. The van der Waals surface area contributed by atoms with Crippen molar-refractivity contribution in [3.8, 4) is 0 Å². The van der Waals surface area contributed by atoms with E-state index in [1.165, 1.54) is 30.6 Å². The van der Waals surface area contributed by atoms with Gasteiger partial charge in [0, 0.05) is 25.4 Å². The van der Waals surface area contributed by atoms with Crippen LogP contribution in [0.3, 0.4) is 0 Å². The monoisotopic (exact) mass is 280 g/mol. The van der Waals surface area contributed by atoms with Crippen LogP contribution in [0.1, 0.15) is 59.3 Å². The molecule has 1 heterocycles. The molecule has 114 valence electrons. The van der Waals surface area contributed by atoms with Crippen LogP contribution < -0.4 is 5.32 Å². The van der Waals surface area contributed by atoms with Crippen molar-refractivity contribution in [2.75, 3.05) is 13.1 Å². The third kappa shape index (κ3) is 3.60. The predicted octanol–water partition coefficient (Wildman–Crippen LogP) is 2.33. The van der Waals surface area contributed by atoms with Gasteiger partial charge in [-0.2, -0.15) is 0 Å². The Labute approximate surface area is 122 Å². The van der Waals surface area contributed by atoms with Crippen molar-refractivity contribution in [1.29, 1.82) is 0 Å². The lowest BCUT2D eigenvalue weighted by molar-refractivity contribution is -0.153. The zero-order valence-corrected chi connectivity index (χ0v) is 13.1. The summed E-state index contributed by atoms with van der Waals surface area (Å²) in [6, 6.07) is 0.275. The molecule has 1 saturated heterocycles. The molecule has 0 aromatic carbocycles. The molecule has 1 aliphatic heterocycles. The van der Waals surface area contributed by atoms with Crippen LogP contribution in [0.5, 0.6) is 0 Å². The zero-order chi connectivity index (χ0) is 14.8. The Kier molecular flexibility index (Phi) is 4.84. The fourth-order valence-corrected chi connectivity index (χ4v) is 3.61. The summed E-state index contributed by atoms with van der Waals surface area (Å²) in [5, 5.41) is 3.49. The average molecular weight is 280 g/mol. The van der Waals surface area contributed by atoms with Crippen LogP contribution in [-0.4, -0.2) is 35.8 Å². The number of piperidine rings is 1. The minimum atomic E-state index is -0.175. The summed E-state index contributed by atoms with van der Waals surface area (Å²) in [5.41, 5.74) is -0.175. The molecule has 20 heavy (non-hydrogen) atoms. The lowest BCUT2D eigenvalue weighted by Crippen LogP contribution is -2.53. The molecule has 0 aromatic heterocycles. The molecule has 2 rings (SSSR count). The van der Waals surface area contributed by atoms with Crippen molar-refractivity contribution in [3.63, 3.8) is 0 Å². The van der Waals surface area contributed by atoms with Gasteiger partial charge < -0.3 is 5.32 Å². The van der Waals surface area contributed by atoms with Gasteiger partial charge >= 0.3 is 0 Å². The van der Waals surface area contributed by atoms with E-state index in [-0.39, 0.29) is 23.3 Å². The van der Waals surface area contributed by atoms with E-state index in [1.54, 1.807) is 0 Å². The van der Waals surface area contributed by atoms with Gasteiger partial charge in [-0.3, -0.25) is 14.5 Å². The normalized spacial score (nSPS) is 25.2. The topological polar surface area (TPSA) is 49.4 Å². The van der Waals surface area contributed by atoms with Crippen molar-refractivity contribution >= 4 is 11.8 Å². The Hall–Kier alpha value is -0.900. The molecule has 0 spiro atoms. The van der Waals surface area contributed by atoms with E-state index in [9.17, 15) is 9.59 Å². The zero-order valence-electron chi connectivity index (χ0n) is 13.1. The molecule has 1 atom stereocenters. The number of hydrogen-bond donors (Lipinski definition) is 1. The Balaban J connectivity index is 2.02. The number of likely N-dealkylation sites (N-methyl/N-ethyl adjacent to an activating group) is 1. The first-order valence-corrected chi connectivity index (χ1v) is 7.99. The summed E-state index contributed by atoms with van der Waals surface area (Å²) < 4.78 is 0. The predicted molar refractivity (Wildman–Crippen MR) is 79.2 cm³/mol. The fourth-order valence-electron chi connectivity index (χ4n) is 3.61. The molecule has 2 amide bonds. The number of imide groups is 1. The van der Waals surface area contributed by atoms with E-state index < -0.39 is 0 Å². The molecule has 4 heteroatoms. The van der Waals surface area contributed by atoms with Crippen LogP contribution in [0.25, 0.3) is 0 Å². The Bertz CT molecular complexity index is 353. The van der Waals surface area contributed by atoms with Gasteiger partial charge in [0.15, 0.2) is 0 Å². The Morgan fingerprint density at radius 2 is 1.75 bits per heavy atom. The first-order chi connectivity index (χ1) is 9.43. The first kappa shape index (κ1) is 15.5. The van der Waals surface area contributed by atoms with E-state index in [1.807, 2.05) is 13.8 Å². The maximum absolute atomic E-state index is 12.3. The number of hydrogen-bond acceptors (Lipinski definition) is 3. The summed E-state index contributed by atoms with van der Waals surface area (Å²) in [6.45, 7) is 7.54. The molecule has 1 aliphatic carbocycles. The van der Waals surface area contributed by atoms with Crippen LogP contribution >= 0.6 is 0 Å². The van der Waals surface area contributed by atoms with Crippen molar-refractivity contribution in [2.24, 2.45) is 11.3 Å². The third-order valence-corrected chi connectivity index (χ3v) is 4.68. The van der Waals surface area contributed by atoms with Gasteiger partial charge in [-0.15, -0.1) is 0 Å². The van der Waals surface area contributed by atoms with Crippen LogP contribution in [0, 0.1) is 11.3 Å². The Morgan fingerprint density at radius 3 is 2.25 bits per heavy atom. The standard InChI is InChI=1S/C16H28N2O2/c1-4-17-13(12-7-5-6-8-12)11-18-14(19)9-16(2,3)10-15(18)20/h12-13,17H,4-11H2,1-3H3. The number of nitrogens with one attached hydrogen (secondary N) is 1. The largest absolute Gasteiger partial charge is 0.312 e. The average Bonchev–Trinajstić information content (AvgIpc) is 2.84. The van der Waals surface area contributed by atoms with Crippen molar-refractivity contribution in [2.45, 2.75) is 65.3 Å². The van der Waals surface area contributed by atoms with Gasteiger partial charge in [0.2, 0.25) is 11.8 Å². The highest BCUT2D eigenvalue weighted by molar-refractivity contribution is 5.98. The van der Waals surface area contributed by atoms with Gasteiger partial charge in [-0.1, -0.05) is 33.6 Å². The number of amides is 2. The third-order valence-electron chi connectivity index (χ3n) is 4.68. The highest BCUT2D eigenvalue weighted by atomic mass is 16.2. The number of carbonyl (C=O) groups excluding carboxylic acids is 2. The van der Waals surface area contributed by atoms with E-state index in [0.717, 1.165) is 6.54 Å². The Morgan fingerprint density at radius 1 is 1.20 bits per heavy atom. The second-order valence-corrected chi connectivity index (χ2v) is 7.12. The molecule has 1 saturated carbocycles. The lowest BCUT2D eigenvalue weighted by Gasteiger charge is -2.37. The fraction of sp³-hybridized carbons (Fsp3) is 0.875. The van der Waals surface area contributed by atoms with Crippen LogP contribution in [-0.2, 0) is 9.59 Å². The van der Waals surface area contributed by atoms with Gasteiger partial charge in [-0.05, 0) is 30.7 Å². The highest BCUT2D eigenvalue weighted by Crippen LogP contribution is 2.33. The molecule has 0 bridgehead atoms. The molecular weight excluding hydrogens is 252 g/mol. The summed E-state index contributed by atoms with van der Waals surface area (Å²) >= 11 is 0. The van der Waals surface area contributed by atoms with Gasteiger partial charge in [0.05, 0.1) is 0 Å². The molecule has 0 aromatic rings. The number of nitrogens with zero attached hydrogens (tertiary/aromatic N) is 1. The minimum Gasteiger partial charge on any atom is -0.312 e. The van der Waals surface area contributed by atoms with E-state index in [2.05, 4.69) is 12.2 Å². The summed E-state index contributed by atoms with van der Waals surface area (Å²) in [4.78, 5) is 26.0. The van der Waals surface area contributed by atoms with Gasteiger partial charge in [-0.25, -0.2) is 0 Å². The molecule has 2 aliphatic rings. The molecule has 2 fully saturated rings. The minimum absolute atomic E-state index is 0.00662. The quantitative estimate of drug-likeness (QED) is 0.786. The summed E-state index contributed by atoms with van der Waals surface area (Å²) in [5.74, 6) is 0.629. The van der Waals surface area contributed by atoms with Crippen LogP contribution in [0.15, 0.2) is 0 Å². The highest BCUT2D eigenvalue weighted by Gasteiger charge is 2.39. The summed E-state index contributed by atoms with van der Waals surface area (Å²) in [6.07, 6.45) is 5.98. The number of rotatable bonds is 5. The maximum atomic E-state index is 12.3. The van der Waals surface area contributed by atoms with Crippen LogP contribution in [0.4, 0.5) is 0 Å². The number of likely N-dealkylation sites (tertiary alicyclic amines) is 1. The lowest BCUT2D eigenvalue weighted by atomic mass is 9.81. The molecule has 0 radical (unpaired) electrons. The SMILES string of the molecule is CCNC(CN1C(=O)CC(C)(C)CC1=O)C1CCCC1. The van der Waals surface area contributed by atoms with Crippen molar-refractivity contribution in [1.82, 2.24) is 10.2 Å². The second-order valence-electron chi connectivity index (χ2n) is 7.12. The van der Waals surface area contributed by atoms with Crippen molar-refractivity contribution in [3.05, 3.63) is 0 Å². The molecule has 1 unspecified atom stereocenters. The first-order valence-electron chi connectivity index (χ1n) is 7.99. The summed E-state index contributed by atoms with van der Waals surface area (Å²) in [7, 11) is 0. The molecule has 1 N–H and O–H groups in total. The maximum Gasteiger partial charge on any atom is 0.229 e. The van der Waals surface area contributed by atoms with E-state index >= 15 is 0 Å². The number of carbonyl (C=O) groups is 2. The van der Waals surface area contributed by atoms with Crippen molar-refractivity contribution < 1.29 is 9.59 Å². The van der Waals surface area contributed by atoms with E-state index in [0.29, 0.717) is 25.3 Å². The van der Waals surface area contributed by atoms with Gasteiger partial charge in [0.1, 0.15) is 0 Å².